The summed E-state index contributed by atoms with van der Waals surface area (Å²) in [5.74, 6) is -0.679. The Hall–Kier alpha value is -2.44. The summed E-state index contributed by atoms with van der Waals surface area (Å²) in [6.07, 6.45) is -1.03. The van der Waals surface area contributed by atoms with Gasteiger partial charge in [-0.2, -0.15) is 0 Å². The summed E-state index contributed by atoms with van der Waals surface area (Å²) < 4.78 is 15.9. The quantitative estimate of drug-likeness (QED) is 0.720. The molecule has 0 fully saturated rings. The Bertz CT molecular complexity index is 825. The summed E-state index contributed by atoms with van der Waals surface area (Å²) >= 11 is 12.0. The fourth-order valence-electron chi connectivity index (χ4n) is 1.99. The molecule has 0 aliphatic heterocycles. The number of hydrogen-bond donors (Lipinski definition) is 1. The zero-order valence-corrected chi connectivity index (χ0v) is 15.6. The monoisotopic (exact) mass is 397 g/mol. The Kier molecular flexibility index (Phi) is 6.71. The van der Waals surface area contributed by atoms with Crippen LogP contribution in [0.3, 0.4) is 0 Å². The van der Waals surface area contributed by atoms with Gasteiger partial charge in [0.2, 0.25) is 0 Å². The molecule has 0 unspecified atom stereocenters. The van der Waals surface area contributed by atoms with Crippen molar-refractivity contribution in [2.45, 2.75) is 19.6 Å². The van der Waals surface area contributed by atoms with Gasteiger partial charge in [0.25, 0.3) is 5.91 Å². The van der Waals surface area contributed by atoms with E-state index in [4.69, 9.17) is 43.1 Å². The number of rotatable bonds is 7. The predicted molar refractivity (Wildman–Crippen MR) is 97.9 cm³/mol. The highest BCUT2D eigenvalue weighted by molar-refractivity contribution is 6.35. The molecule has 8 heteroatoms. The molecule has 2 aromatic carbocycles. The second-order valence-corrected chi connectivity index (χ2v) is 6.18. The highest BCUT2D eigenvalue weighted by atomic mass is 35.5. The molecule has 0 radical (unpaired) electrons. The lowest BCUT2D eigenvalue weighted by molar-refractivity contribution is -0.125. The van der Waals surface area contributed by atoms with Crippen molar-refractivity contribution in [2.24, 2.45) is 5.73 Å². The van der Waals surface area contributed by atoms with E-state index < -0.39 is 18.0 Å². The van der Waals surface area contributed by atoms with Gasteiger partial charge in [-0.1, -0.05) is 29.3 Å². The molecule has 0 saturated heterocycles. The lowest BCUT2D eigenvalue weighted by Crippen LogP contribution is -2.30. The van der Waals surface area contributed by atoms with Crippen LogP contribution in [0.2, 0.25) is 10.0 Å². The highest BCUT2D eigenvalue weighted by Gasteiger charge is 2.18. The molecule has 6 nitrogen and oxygen atoms in total. The van der Waals surface area contributed by atoms with E-state index >= 15 is 0 Å². The number of halogens is 2. The van der Waals surface area contributed by atoms with Crippen LogP contribution in [0.1, 0.15) is 22.8 Å². The number of esters is 1. The van der Waals surface area contributed by atoms with Gasteiger partial charge in [-0.25, -0.2) is 4.79 Å². The van der Waals surface area contributed by atoms with Crippen molar-refractivity contribution in [1.82, 2.24) is 0 Å². The van der Waals surface area contributed by atoms with Crippen molar-refractivity contribution in [3.63, 3.8) is 0 Å². The Morgan fingerprint density at radius 3 is 2.46 bits per heavy atom. The van der Waals surface area contributed by atoms with Gasteiger partial charge >= 0.3 is 5.97 Å². The van der Waals surface area contributed by atoms with Crippen LogP contribution < -0.4 is 15.2 Å². The number of methoxy groups -OCH3 is 1. The Balaban J connectivity index is 2.13. The molecule has 0 aliphatic carbocycles. The largest absolute Gasteiger partial charge is 0.493 e. The van der Waals surface area contributed by atoms with Gasteiger partial charge in [0, 0.05) is 15.6 Å². The molecule has 0 bridgehead atoms. The number of hydrogen-bond acceptors (Lipinski definition) is 5. The number of carbonyl (C=O) groups excluding carboxylic acids is 2. The zero-order valence-electron chi connectivity index (χ0n) is 14.1. The van der Waals surface area contributed by atoms with Gasteiger partial charge in [0.05, 0.1) is 12.7 Å². The van der Waals surface area contributed by atoms with Gasteiger partial charge in [-0.05, 0) is 37.3 Å². The topological polar surface area (TPSA) is 87.9 Å². The number of primary amides is 1. The molecule has 0 spiro atoms. The number of carbonyl (C=O) groups is 2. The summed E-state index contributed by atoms with van der Waals surface area (Å²) in [4.78, 5) is 23.0. The zero-order chi connectivity index (χ0) is 19.3. The normalized spacial score (nSPS) is 11.5. The van der Waals surface area contributed by atoms with Gasteiger partial charge in [0.15, 0.2) is 17.6 Å². The molecule has 0 saturated carbocycles. The Labute approximate surface area is 160 Å². The first-order valence-corrected chi connectivity index (χ1v) is 8.32. The minimum atomic E-state index is -1.03. The Morgan fingerprint density at radius 1 is 1.12 bits per heavy atom. The number of ether oxygens (including phenoxy) is 3. The van der Waals surface area contributed by atoms with E-state index in [0.29, 0.717) is 21.5 Å². The molecule has 138 valence electrons. The van der Waals surface area contributed by atoms with E-state index in [1.54, 1.807) is 24.3 Å². The molecular formula is C18H17Cl2NO5. The van der Waals surface area contributed by atoms with E-state index in [0.717, 1.165) is 5.56 Å². The van der Waals surface area contributed by atoms with Gasteiger partial charge in [0.1, 0.15) is 6.61 Å². The molecule has 0 heterocycles. The molecule has 2 rings (SSSR count). The first-order valence-electron chi connectivity index (χ1n) is 7.57. The van der Waals surface area contributed by atoms with Crippen LogP contribution in [0.15, 0.2) is 36.4 Å². The fourth-order valence-corrected chi connectivity index (χ4v) is 2.46. The summed E-state index contributed by atoms with van der Waals surface area (Å²) in [6.45, 7) is 1.58. The lowest BCUT2D eigenvalue weighted by Gasteiger charge is -2.14. The van der Waals surface area contributed by atoms with E-state index in [1.807, 2.05) is 0 Å². The van der Waals surface area contributed by atoms with E-state index in [1.165, 1.54) is 26.2 Å². The number of amides is 1. The summed E-state index contributed by atoms with van der Waals surface area (Å²) in [6, 6.07) is 9.61. The first kappa shape index (κ1) is 19.9. The average Bonchev–Trinajstić information content (AvgIpc) is 2.60. The molecule has 0 aromatic heterocycles. The fraction of sp³-hybridized carbons (Fsp3) is 0.222. The number of benzene rings is 2. The number of nitrogens with two attached hydrogens (primary N) is 1. The van der Waals surface area contributed by atoms with Gasteiger partial charge in [-0.15, -0.1) is 0 Å². The molecule has 0 aliphatic rings. The van der Waals surface area contributed by atoms with Crippen LogP contribution in [0.4, 0.5) is 0 Å². The highest BCUT2D eigenvalue weighted by Crippen LogP contribution is 2.30. The minimum absolute atomic E-state index is 0.189. The van der Waals surface area contributed by atoms with E-state index in [2.05, 4.69) is 0 Å². The van der Waals surface area contributed by atoms with Crippen molar-refractivity contribution in [1.29, 1.82) is 0 Å². The third-order valence-corrected chi connectivity index (χ3v) is 4.07. The van der Waals surface area contributed by atoms with Gasteiger partial charge in [-0.3, -0.25) is 4.79 Å². The maximum absolute atomic E-state index is 12.0. The summed E-state index contributed by atoms with van der Waals surface area (Å²) in [5.41, 5.74) is 6.03. The molecule has 2 N–H and O–H groups in total. The molecule has 1 atom stereocenters. The minimum Gasteiger partial charge on any atom is -0.493 e. The average molecular weight is 398 g/mol. The summed E-state index contributed by atoms with van der Waals surface area (Å²) in [5, 5.41) is 1.02. The van der Waals surface area contributed by atoms with Crippen molar-refractivity contribution >= 4 is 35.1 Å². The van der Waals surface area contributed by atoms with Crippen molar-refractivity contribution in [3.8, 4) is 11.5 Å². The SMILES string of the molecule is COc1cc(C(=O)O[C@@H](C)C(N)=O)ccc1OCc1ccc(Cl)cc1Cl. The second kappa shape index (κ2) is 8.78. The van der Waals surface area contributed by atoms with Crippen LogP contribution in [0.5, 0.6) is 11.5 Å². The molecule has 2 aromatic rings. The van der Waals surface area contributed by atoms with E-state index in [-0.39, 0.29) is 12.2 Å². The van der Waals surface area contributed by atoms with Crippen LogP contribution in [0.25, 0.3) is 0 Å². The lowest BCUT2D eigenvalue weighted by atomic mass is 10.2. The predicted octanol–water partition coefficient (Wildman–Crippen LogP) is 3.61. The van der Waals surface area contributed by atoms with Crippen LogP contribution in [-0.2, 0) is 16.1 Å². The third kappa shape index (κ3) is 5.03. The maximum atomic E-state index is 12.0. The maximum Gasteiger partial charge on any atom is 0.339 e. The van der Waals surface area contributed by atoms with Crippen molar-refractivity contribution < 1.29 is 23.8 Å². The van der Waals surface area contributed by atoms with E-state index in [9.17, 15) is 9.59 Å². The van der Waals surface area contributed by atoms with Crippen LogP contribution in [0, 0.1) is 0 Å². The summed E-state index contributed by atoms with van der Waals surface area (Å²) in [7, 11) is 1.44. The first-order chi connectivity index (χ1) is 12.3. The van der Waals surface area contributed by atoms with Crippen LogP contribution >= 0.6 is 23.2 Å². The Morgan fingerprint density at radius 2 is 1.85 bits per heavy atom. The van der Waals surface area contributed by atoms with Gasteiger partial charge < -0.3 is 19.9 Å². The standard InChI is InChI=1S/C18H17Cl2NO5/c1-10(17(21)22)26-18(23)11-4-6-15(16(7-11)24-2)25-9-12-3-5-13(19)8-14(12)20/h3-8,10H,9H2,1-2H3,(H2,21,22)/t10-/m0/s1. The van der Waals surface area contributed by atoms with Crippen molar-refractivity contribution in [2.75, 3.05) is 7.11 Å². The third-order valence-electron chi connectivity index (χ3n) is 3.48. The van der Waals surface area contributed by atoms with Crippen LogP contribution in [-0.4, -0.2) is 25.1 Å². The smallest absolute Gasteiger partial charge is 0.339 e. The second-order valence-electron chi connectivity index (χ2n) is 5.34. The molecular weight excluding hydrogens is 381 g/mol. The molecule has 1 amide bonds. The molecule has 26 heavy (non-hydrogen) atoms. The van der Waals surface area contributed by atoms with Crippen molar-refractivity contribution in [3.05, 3.63) is 57.6 Å².